The van der Waals surface area contributed by atoms with Crippen LogP contribution in [0, 0.1) is 5.92 Å². The van der Waals surface area contributed by atoms with Gasteiger partial charge >= 0.3 is 0 Å². The van der Waals surface area contributed by atoms with Gasteiger partial charge in [0.1, 0.15) is 5.69 Å². The Morgan fingerprint density at radius 2 is 2.10 bits per heavy atom. The number of hydrogen-bond acceptors (Lipinski definition) is 3. The van der Waals surface area contributed by atoms with E-state index in [0.29, 0.717) is 23.6 Å². The van der Waals surface area contributed by atoms with E-state index in [1.165, 1.54) is 19.2 Å². The maximum absolute atomic E-state index is 11.9. The quantitative estimate of drug-likeness (QED) is 0.669. The van der Waals surface area contributed by atoms with Crippen molar-refractivity contribution in [1.82, 2.24) is 10.3 Å². The van der Waals surface area contributed by atoms with Crippen molar-refractivity contribution in [3.05, 3.63) is 23.5 Å². The lowest BCUT2D eigenvalue weighted by molar-refractivity contribution is 0.0428. The largest absolute Gasteiger partial charge is 0.388 e. The third-order valence-corrected chi connectivity index (χ3v) is 3.22. The number of amides is 1. The van der Waals surface area contributed by atoms with Crippen LogP contribution in [0.3, 0.4) is 0 Å². The molecule has 3 N–H and O–H groups in total. The van der Waals surface area contributed by atoms with Crippen molar-refractivity contribution in [2.45, 2.75) is 46.1 Å². The molecule has 1 aromatic rings. The van der Waals surface area contributed by atoms with Gasteiger partial charge in [-0.1, -0.05) is 13.8 Å². The van der Waals surface area contributed by atoms with E-state index in [0.717, 1.165) is 6.42 Å². The molecule has 0 aliphatic carbocycles. The van der Waals surface area contributed by atoms with Crippen molar-refractivity contribution in [3.8, 4) is 0 Å². The summed E-state index contributed by atoms with van der Waals surface area (Å²) in [4.78, 5) is 25.8. The maximum atomic E-state index is 11.9. The molecule has 1 aromatic heterocycles. The molecule has 5 nitrogen and oxygen atoms in total. The molecule has 0 aromatic carbocycles. The van der Waals surface area contributed by atoms with Crippen molar-refractivity contribution in [2.24, 2.45) is 5.92 Å². The Balaban J connectivity index is 2.51. The normalized spacial score (nSPS) is 14.1. The van der Waals surface area contributed by atoms with E-state index in [9.17, 15) is 14.7 Å². The fraction of sp³-hybridized carbons (Fsp3) is 0.600. The molecule has 1 heterocycles. The Kier molecular flexibility index (Phi) is 5.51. The highest BCUT2D eigenvalue weighted by atomic mass is 16.3. The van der Waals surface area contributed by atoms with Crippen LogP contribution in [0.1, 0.15) is 61.4 Å². The van der Waals surface area contributed by atoms with Crippen LogP contribution in [0.15, 0.2) is 12.3 Å². The summed E-state index contributed by atoms with van der Waals surface area (Å²) in [5.74, 6) is 0.102. The first-order valence-electron chi connectivity index (χ1n) is 6.91. The third-order valence-electron chi connectivity index (χ3n) is 3.22. The van der Waals surface area contributed by atoms with Gasteiger partial charge in [-0.25, -0.2) is 0 Å². The highest BCUT2D eigenvalue weighted by molar-refractivity contribution is 5.99. The summed E-state index contributed by atoms with van der Waals surface area (Å²) in [5, 5.41) is 12.9. The van der Waals surface area contributed by atoms with Crippen LogP contribution in [0.5, 0.6) is 0 Å². The minimum Gasteiger partial charge on any atom is -0.388 e. The predicted octanol–water partition coefficient (Wildman–Crippen LogP) is 2.13. The zero-order valence-electron chi connectivity index (χ0n) is 12.6. The van der Waals surface area contributed by atoms with Crippen molar-refractivity contribution in [1.29, 1.82) is 0 Å². The number of rotatable bonds is 7. The summed E-state index contributed by atoms with van der Waals surface area (Å²) in [7, 11) is 0. The zero-order chi connectivity index (χ0) is 15.3. The van der Waals surface area contributed by atoms with Gasteiger partial charge in [0.15, 0.2) is 5.78 Å². The third kappa shape index (κ3) is 5.17. The molecule has 0 spiro atoms. The van der Waals surface area contributed by atoms with Gasteiger partial charge in [0, 0.05) is 18.3 Å². The van der Waals surface area contributed by atoms with Crippen LogP contribution in [-0.4, -0.2) is 33.9 Å². The van der Waals surface area contributed by atoms with Gasteiger partial charge in [0.25, 0.3) is 5.91 Å². The van der Waals surface area contributed by atoms with Crippen molar-refractivity contribution in [3.63, 3.8) is 0 Å². The first-order valence-corrected chi connectivity index (χ1v) is 6.91. The summed E-state index contributed by atoms with van der Waals surface area (Å²) in [6, 6.07) is 1.51. The molecule has 0 saturated heterocycles. The second kappa shape index (κ2) is 6.70. The number of hydrogen-bond donors (Lipinski definition) is 3. The number of ketones is 1. The number of nitrogens with one attached hydrogen (secondary N) is 2. The average Bonchev–Trinajstić information content (AvgIpc) is 2.83. The number of Topliss-reactive ketones (excluding diaryl/α,β-unsaturated/α-hetero) is 1. The number of aromatic amines is 1. The van der Waals surface area contributed by atoms with Gasteiger partial charge in [0.2, 0.25) is 0 Å². The topological polar surface area (TPSA) is 82.2 Å². The summed E-state index contributed by atoms with van der Waals surface area (Å²) >= 11 is 0. The molecule has 5 heteroatoms. The van der Waals surface area contributed by atoms with Crippen LogP contribution in [-0.2, 0) is 0 Å². The van der Waals surface area contributed by atoms with Crippen molar-refractivity contribution >= 4 is 11.7 Å². The Hall–Kier alpha value is -1.62. The minimum atomic E-state index is -0.921. The molecule has 1 atom stereocenters. The van der Waals surface area contributed by atoms with Crippen LogP contribution in [0.2, 0.25) is 0 Å². The smallest absolute Gasteiger partial charge is 0.267 e. The highest BCUT2D eigenvalue weighted by Crippen LogP contribution is 2.15. The highest BCUT2D eigenvalue weighted by Gasteiger charge is 2.22. The summed E-state index contributed by atoms with van der Waals surface area (Å²) in [5.41, 5.74) is -0.118. The minimum absolute atomic E-state index is 0.0933. The second-order valence-corrected chi connectivity index (χ2v) is 5.97. The molecule has 1 amide bonds. The van der Waals surface area contributed by atoms with Crippen LogP contribution in [0.4, 0.5) is 0 Å². The van der Waals surface area contributed by atoms with E-state index in [4.69, 9.17) is 0 Å². The molecule has 0 aliphatic heterocycles. The van der Waals surface area contributed by atoms with Crippen molar-refractivity contribution < 1.29 is 14.7 Å². The molecule has 0 bridgehead atoms. The first-order chi connectivity index (χ1) is 9.21. The first kappa shape index (κ1) is 16.4. The van der Waals surface area contributed by atoms with Gasteiger partial charge in [-0.2, -0.15) is 0 Å². The molecular formula is C15H24N2O3. The Bertz CT molecular complexity index is 475. The average molecular weight is 280 g/mol. The van der Waals surface area contributed by atoms with Gasteiger partial charge in [-0.15, -0.1) is 0 Å². The van der Waals surface area contributed by atoms with Gasteiger partial charge in [-0.05, 0) is 38.7 Å². The number of H-pyrrole nitrogens is 1. The summed E-state index contributed by atoms with van der Waals surface area (Å²) in [6.45, 7) is 7.54. The predicted molar refractivity (Wildman–Crippen MR) is 77.8 cm³/mol. The Labute approximate surface area is 119 Å². The van der Waals surface area contributed by atoms with Crippen LogP contribution >= 0.6 is 0 Å². The fourth-order valence-corrected chi connectivity index (χ4v) is 1.78. The standard InChI is InChI=1S/C15H24N2O3/c1-10(2)5-6-15(4,20)9-17-14(19)13-7-12(8-16-13)11(3)18/h7-8,10,16,20H,5-6,9H2,1-4H3,(H,17,19). The SMILES string of the molecule is CC(=O)c1c[nH]c(C(=O)NCC(C)(O)CCC(C)C)c1. The molecule has 20 heavy (non-hydrogen) atoms. The van der Waals surface area contributed by atoms with E-state index in [2.05, 4.69) is 24.1 Å². The molecule has 1 unspecified atom stereocenters. The number of carbonyl (C=O) groups excluding carboxylic acids is 2. The Morgan fingerprint density at radius 1 is 1.45 bits per heavy atom. The molecular weight excluding hydrogens is 256 g/mol. The van der Waals surface area contributed by atoms with E-state index in [1.807, 2.05) is 0 Å². The zero-order valence-corrected chi connectivity index (χ0v) is 12.6. The molecule has 0 fully saturated rings. The number of aliphatic hydroxyl groups is 1. The fourth-order valence-electron chi connectivity index (χ4n) is 1.78. The monoisotopic (exact) mass is 280 g/mol. The van der Waals surface area contributed by atoms with Crippen LogP contribution < -0.4 is 5.32 Å². The number of aromatic nitrogens is 1. The van der Waals surface area contributed by atoms with Gasteiger partial charge in [-0.3, -0.25) is 9.59 Å². The molecule has 112 valence electrons. The van der Waals surface area contributed by atoms with E-state index >= 15 is 0 Å². The van der Waals surface area contributed by atoms with Crippen molar-refractivity contribution in [2.75, 3.05) is 6.54 Å². The van der Waals surface area contributed by atoms with Gasteiger partial charge < -0.3 is 15.4 Å². The number of carbonyl (C=O) groups is 2. The maximum Gasteiger partial charge on any atom is 0.267 e. The lowest BCUT2D eigenvalue weighted by atomic mass is 9.95. The molecule has 0 saturated carbocycles. The summed E-state index contributed by atoms with van der Waals surface area (Å²) < 4.78 is 0. The van der Waals surface area contributed by atoms with Crippen LogP contribution in [0.25, 0.3) is 0 Å². The van der Waals surface area contributed by atoms with E-state index in [-0.39, 0.29) is 18.2 Å². The lowest BCUT2D eigenvalue weighted by Gasteiger charge is -2.24. The van der Waals surface area contributed by atoms with Gasteiger partial charge in [0.05, 0.1) is 5.60 Å². The molecule has 0 radical (unpaired) electrons. The lowest BCUT2D eigenvalue weighted by Crippen LogP contribution is -2.40. The molecule has 1 rings (SSSR count). The van der Waals surface area contributed by atoms with E-state index in [1.54, 1.807) is 6.92 Å². The molecule has 0 aliphatic rings. The summed E-state index contributed by atoms with van der Waals surface area (Å²) in [6.07, 6.45) is 3.04. The Morgan fingerprint density at radius 3 is 2.60 bits per heavy atom. The van der Waals surface area contributed by atoms with E-state index < -0.39 is 5.60 Å². The second-order valence-electron chi connectivity index (χ2n) is 5.97.